The van der Waals surface area contributed by atoms with E-state index in [0.717, 1.165) is 0 Å². The average molecular weight is 365 g/mol. The average Bonchev–Trinajstić information content (AvgIpc) is 2.99. The Morgan fingerprint density at radius 2 is 2.20 bits per heavy atom. The van der Waals surface area contributed by atoms with E-state index in [1.807, 2.05) is 0 Å². The van der Waals surface area contributed by atoms with Gasteiger partial charge in [-0.2, -0.15) is 4.98 Å². The third kappa shape index (κ3) is 3.80. The van der Waals surface area contributed by atoms with Gasteiger partial charge in [0, 0.05) is 12.1 Å². The van der Waals surface area contributed by atoms with Crippen molar-refractivity contribution in [2.75, 3.05) is 13.7 Å². The van der Waals surface area contributed by atoms with Crippen LogP contribution in [0.2, 0.25) is 5.02 Å². The van der Waals surface area contributed by atoms with E-state index < -0.39 is 12.1 Å². The van der Waals surface area contributed by atoms with Crippen LogP contribution in [0.15, 0.2) is 28.8 Å². The molecule has 0 radical (unpaired) electrons. The third-order valence-electron chi connectivity index (χ3n) is 3.82. The molecule has 9 heteroatoms. The summed E-state index contributed by atoms with van der Waals surface area (Å²) in [4.78, 5) is 30.1. The van der Waals surface area contributed by atoms with Crippen LogP contribution in [0.25, 0.3) is 0 Å². The highest BCUT2D eigenvalue weighted by Crippen LogP contribution is 2.29. The van der Waals surface area contributed by atoms with Gasteiger partial charge in [-0.25, -0.2) is 0 Å². The summed E-state index contributed by atoms with van der Waals surface area (Å²) in [5.41, 5.74) is 0.623. The van der Waals surface area contributed by atoms with Crippen LogP contribution in [-0.4, -0.2) is 46.6 Å². The van der Waals surface area contributed by atoms with Crippen molar-refractivity contribution in [2.45, 2.75) is 25.6 Å². The molecule has 2 amide bonds. The summed E-state index contributed by atoms with van der Waals surface area (Å²) in [6, 6.07) is 6.34. The fourth-order valence-corrected chi connectivity index (χ4v) is 2.89. The van der Waals surface area contributed by atoms with Gasteiger partial charge in [0.25, 0.3) is 5.91 Å². The maximum atomic E-state index is 12.8. The first-order chi connectivity index (χ1) is 12.0. The number of nitrogens with one attached hydrogen (secondary N) is 1. The molecule has 1 saturated heterocycles. The van der Waals surface area contributed by atoms with E-state index in [1.54, 1.807) is 38.2 Å². The standard InChI is InChI=1S/C16H17ClN4O4/c1-9-18-13(25-20-9)7-21(2)16(23)15-14(19-12(22)8-24-15)10-5-3-4-6-11(10)17/h3-6,14-15H,7-8H2,1-2H3,(H,19,22)/t14-,15+/m1/s1. The lowest BCUT2D eigenvalue weighted by atomic mass is 9.98. The predicted molar refractivity (Wildman–Crippen MR) is 87.6 cm³/mol. The molecular formula is C16H17ClN4O4. The van der Waals surface area contributed by atoms with Gasteiger partial charge in [-0.1, -0.05) is 35.0 Å². The van der Waals surface area contributed by atoms with Crippen LogP contribution in [0, 0.1) is 6.92 Å². The molecule has 1 aliphatic rings. The number of aromatic nitrogens is 2. The lowest BCUT2D eigenvalue weighted by molar-refractivity contribution is -0.155. The summed E-state index contributed by atoms with van der Waals surface area (Å²) in [5, 5.41) is 6.93. The smallest absolute Gasteiger partial charge is 0.254 e. The molecule has 0 saturated carbocycles. The molecule has 1 fully saturated rings. The van der Waals surface area contributed by atoms with E-state index in [2.05, 4.69) is 15.5 Å². The largest absolute Gasteiger partial charge is 0.356 e. The van der Waals surface area contributed by atoms with Crippen molar-refractivity contribution in [2.24, 2.45) is 0 Å². The van der Waals surface area contributed by atoms with Gasteiger partial charge in [0.15, 0.2) is 11.9 Å². The molecule has 2 atom stereocenters. The van der Waals surface area contributed by atoms with Gasteiger partial charge < -0.3 is 19.5 Å². The number of hydrogen-bond donors (Lipinski definition) is 1. The molecule has 132 valence electrons. The van der Waals surface area contributed by atoms with Crippen LogP contribution in [0.3, 0.4) is 0 Å². The summed E-state index contributed by atoms with van der Waals surface area (Å²) in [6.45, 7) is 1.65. The number of rotatable bonds is 4. The Labute approximate surface area is 149 Å². The van der Waals surface area contributed by atoms with Gasteiger partial charge in [0.2, 0.25) is 11.8 Å². The molecule has 0 spiro atoms. The van der Waals surface area contributed by atoms with E-state index >= 15 is 0 Å². The molecule has 25 heavy (non-hydrogen) atoms. The lowest BCUT2D eigenvalue weighted by Crippen LogP contribution is -2.52. The van der Waals surface area contributed by atoms with Gasteiger partial charge >= 0.3 is 0 Å². The molecule has 1 aromatic carbocycles. The number of ether oxygens (including phenoxy) is 1. The summed E-state index contributed by atoms with van der Waals surface area (Å²) < 4.78 is 10.5. The number of carbonyl (C=O) groups is 2. The van der Waals surface area contributed by atoms with Crippen LogP contribution in [0.5, 0.6) is 0 Å². The second-order valence-electron chi connectivity index (χ2n) is 5.73. The number of hydrogen-bond acceptors (Lipinski definition) is 6. The molecule has 0 bridgehead atoms. The second-order valence-corrected chi connectivity index (χ2v) is 6.14. The van der Waals surface area contributed by atoms with Crippen LogP contribution < -0.4 is 5.32 Å². The zero-order valence-electron chi connectivity index (χ0n) is 13.7. The van der Waals surface area contributed by atoms with Crippen molar-refractivity contribution in [3.8, 4) is 0 Å². The van der Waals surface area contributed by atoms with Crippen molar-refractivity contribution in [3.05, 3.63) is 46.6 Å². The molecule has 1 N–H and O–H groups in total. The minimum Gasteiger partial charge on any atom is -0.356 e. The Bertz CT molecular complexity index is 794. The third-order valence-corrected chi connectivity index (χ3v) is 4.16. The summed E-state index contributed by atoms with van der Waals surface area (Å²) in [5.74, 6) is 0.193. The lowest BCUT2D eigenvalue weighted by Gasteiger charge is -2.34. The Morgan fingerprint density at radius 1 is 1.44 bits per heavy atom. The normalized spacial score (nSPS) is 20.2. The number of halogens is 1. The van der Waals surface area contributed by atoms with Crippen molar-refractivity contribution >= 4 is 23.4 Å². The second kappa shape index (κ2) is 7.20. The quantitative estimate of drug-likeness (QED) is 0.876. The minimum absolute atomic E-state index is 0.142. The Hall–Kier alpha value is -2.45. The molecule has 1 aromatic heterocycles. The zero-order valence-corrected chi connectivity index (χ0v) is 14.5. The Kier molecular flexibility index (Phi) is 5.00. The van der Waals surface area contributed by atoms with Gasteiger partial charge in [0.05, 0.1) is 12.6 Å². The van der Waals surface area contributed by atoms with Gasteiger partial charge in [-0.15, -0.1) is 0 Å². The van der Waals surface area contributed by atoms with Crippen molar-refractivity contribution in [1.29, 1.82) is 0 Å². The van der Waals surface area contributed by atoms with E-state index in [4.69, 9.17) is 20.9 Å². The highest BCUT2D eigenvalue weighted by atomic mass is 35.5. The monoisotopic (exact) mass is 364 g/mol. The Balaban J connectivity index is 1.81. The highest BCUT2D eigenvalue weighted by Gasteiger charge is 2.38. The number of nitrogens with zero attached hydrogens (tertiary/aromatic N) is 3. The number of benzene rings is 1. The number of aryl methyl sites for hydroxylation is 1. The molecule has 2 heterocycles. The van der Waals surface area contributed by atoms with Crippen molar-refractivity contribution < 1.29 is 18.8 Å². The van der Waals surface area contributed by atoms with Crippen LogP contribution in [0.4, 0.5) is 0 Å². The SMILES string of the molecule is Cc1noc(CN(C)C(=O)[C@H]2OCC(=O)N[C@@H]2c2ccccc2Cl)n1. The maximum Gasteiger partial charge on any atom is 0.254 e. The van der Waals surface area contributed by atoms with Gasteiger partial charge in [-0.05, 0) is 18.6 Å². The number of carbonyl (C=O) groups excluding carboxylic acids is 2. The van der Waals surface area contributed by atoms with Crippen LogP contribution in [-0.2, 0) is 20.9 Å². The first-order valence-electron chi connectivity index (χ1n) is 7.65. The number of morpholine rings is 1. The molecule has 2 aromatic rings. The van der Waals surface area contributed by atoms with Crippen molar-refractivity contribution in [1.82, 2.24) is 20.4 Å². The Morgan fingerprint density at radius 3 is 2.88 bits per heavy atom. The van der Waals surface area contributed by atoms with Crippen molar-refractivity contribution in [3.63, 3.8) is 0 Å². The van der Waals surface area contributed by atoms with E-state index in [-0.39, 0.29) is 25.0 Å². The number of likely N-dealkylation sites (N-methyl/N-ethyl adjacent to an activating group) is 1. The number of amides is 2. The van der Waals surface area contributed by atoms with Gasteiger partial charge in [0.1, 0.15) is 6.61 Å². The van der Waals surface area contributed by atoms with Crippen LogP contribution in [0.1, 0.15) is 23.3 Å². The molecule has 3 rings (SSSR count). The summed E-state index contributed by atoms with van der Waals surface area (Å²) in [7, 11) is 1.60. The predicted octanol–water partition coefficient (Wildman–Crippen LogP) is 1.25. The highest BCUT2D eigenvalue weighted by molar-refractivity contribution is 6.31. The molecule has 0 aliphatic carbocycles. The fraction of sp³-hybridized carbons (Fsp3) is 0.375. The molecular weight excluding hydrogens is 348 g/mol. The van der Waals surface area contributed by atoms with Crippen LogP contribution >= 0.6 is 11.6 Å². The van der Waals surface area contributed by atoms with Gasteiger partial charge in [-0.3, -0.25) is 9.59 Å². The van der Waals surface area contributed by atoms with E-state index in [9.17, 15) is 9.59 Å². The first-order valence-corrected chi connectivity index (χ1v) is 8.03. The van der Waals surface area contributed by atoms with E-state index in [1.165, 1.54) is 4.90 Å². The summed E-state index contributed by atoms with van der Waals surface area (Å²) in [6.07, 6.45) is -0.897. The molecule has 0 unspecified atom stereocenters. The molecule has 8 nitrogen and oxygen atoms in total. The summed E-state index contributed by atoms with van der Waals surface area (Å²) >= 11 is 6.22. The maximum absolute atomic E-state index is 12.8. The zero-order chi connectivity index (χ0) is 18.0. The fourth-order valence-electron chi connectivity index (χ4n) is 2.64. The topological polar surface area (TPSA) is 97.6 Å². The van der Waals surface area contributed by atoms with E-state index in [0.29, 0.717) is 22.3 Å². The minimum atomic E-state index is -0.897. The first kappa shape index (κ1) is 17.4. The molecule has 1 aliphatic heterocycles.